The van der Waals surface area contributed by atoms with Crippen molar-refractivity contribution in [3.8, 4) is 0 Å². The van der Waals surface area contributed by atoms with Crippen LogP contribution in [0.2, 0.25) is 0 Å². The zero-order chi connectivity index (χ0) is 12.8. The normalized spacial score (nSPS) is 22.8. The molecule has 17 heavy (non-hydrogen) atoms. The molecule has 1 aromatic heterocycles. The van der Waals surface area contributed by atoms with E-state index >= 15 is 0 Å². The van der Waals surface area contributed by atoms with Crippen LogP contribution in [0.5, 0.6) is 0 Å². The molecule has 0 amide bonds. The summed E-state index contributed by atoms with van der Waals surface area (Å²) in [6, 6.07) is 0. The van der Waals surface area contributed by atoms with Crippen LogP contribution < -0.4 is 11.2 Å². The van der Waals surface area contributed by atoms with E-state index in [1.165, 1.54) is 19.0 Å². The van der Waals surface area contributed by atoms with Crippen molar-refractivity contribution in [3.05, 3.63) is 44.8 Å². The SMILES string of the molecule is C1=CC2CC2C1.CO.Cc1c[nH]c(=O)[nH]c1=O. The van der Waals surface area contributed by atoms with E-state index in [0.29, 0.717) is 5.56 Å². The molecule has 0 bridgehead atoms. The van der Waals surface area contributed by atoms with Gasteiger partial charge < -0.3 is 10.1 Å². The van der Waals surface area contributed by atoms with Crippen molar-refractivity contribution >= 4 is 0 Å². The molecule has 1 fully saturated rings. The first-order valence-corrected chi connectivity index (χ1v) is 5.57. The zero-order valence-corrected chi connectivity index (χ0v) is 10.1. The smallest absolute Gasteiger partial charge is 0.325 e. The van der Waals surface area contributed by atoms with Gasteiger partial charge in [-0.2, -0.15) is 0 Å². The lowest BCUT2D eigenvalue weighted by Crippen LogP contribution is -2.22. The molecule has 0 aromatic carbocycles. The molecular weight excluding hydrogens is 220 g/mol. The molecule has 2 aliphatic rings. The van der Waals surface area contributed by atoms with Gasteiger partial charge in [0.1, 0.15) is 0 Å². The van der Waals surface area contributed by atoms with Crippen molar-refractivity contribution in [1.82, 2.24) is 9.97 Å². The third-order valence-electron chi connectivity index (χ3n) is 2.80. The summed E-state index contributed by atoms with van der Waals surface area (Å²) in [6.45, 7) is 1.62. The molecule has 0 spiro atoms. The van der Waals surface area contributed by atoms with Gasteiger partial charge in [0.25, 0.3) is 5.56 Å². The van der Waals surface area contributed by atoms with Gasteiger partial charge in [0.2, 0.25) is 0 Å². The van der Waals surface area contributed by atoms with E-state index in [0.717, 1.165) is 18.9 Å². The second-order valence-corrected chi connectivity index (χ2v) is 4.08. The summed E-state index contributed by atoms with van der Waals surface area (Å²) >= 11 is 0. The Labute approximate surface area is 99.2 Å². The van der Waals surface area contributed by atoms with Gasteiger partial charge in [-0.05, 0) is 31.6 Å². The molecule has 0 aliphatic heterocycles. The number of aromatic amines is 2. The summed E-state index contributed by atoms with van der Waals surface area (Å²) in [6.07, 6.45) is 8.91. The second kappa shape index (κ2) is 6.20. The maximum absolute atomic E-state index is 10.6. The minimum absolute atomic E-state index is 0.334. The quantitative estimate of drug-likeness (QED) is 0.577. The fourth-order valence-electron chi connectivity index (χ4n) is 1.68. The number of fused-ring (bicyclic) bond motifs is 1. The van der Waals surface area contributed by atoms with E-state index in [1.807, 2.05) is 0 Å². The van der Waals surface area contributed by atoms with Crippen LogP contribution in [0, 0.1) is 18.8 Å². The number of hydrogen-bond acceptors (Lipinski definition) is 3. The van der Waals surface area contributed by atoms with Gasteiger partial charge in [-0.3, -0.25) is 9.78 Å². The topological polar surface area (TPSA) is 85.9 Å². The van der Waals surface area contributed by atoms with E-state index in [2.05, 4.69) is 22.1 Å². The summed E-state index contributed by atoms with van der Waals surface area (Å²) in [5.41, 5.74) is -0.293. The summed E-state index contributed by atoms with van der Waals surface area (Å²) in [7, 11) is 1.00. The molecule has 94 valence electrons. The predicted octanol–water partition coefficient (Wildman–Crippen LogP) is 0.563. The Morgan fingerprint density at radius 1 is 1.35 bits per heavy atom. The van der Waals surface area contributed by atoms with Crippen LogP contribution in [0.25, 0.3) is 0 Å². The lowest BCUT2D eigenvalue weighted by atomic mass is 10.3. The fraction of sp³-hybridized carbons (Fsp3) is 0.500. The molecule has 3 N–H and O–H groups in total. The van der Waals surface area contributed by atoms with Crippen molar-refractivity contribution in [2.45, 2.75) is 19.8 Å². The molecule has 0 radical (unpaired) electrons. The first kappa shape index (κ1) is 13.4. The van der Waals surface area contributed by atoms with Gasteiger partial charge in [-0.15, -0.1) is 0 Å². The molecule has 2 atom stereocenters. The number of rotatable bonds is 0. The lowest BCUT2D eigenvalue weighted by molar-refractivity contribution is 0.399. The second-order valence-electron chi connectivity index (χ2n) is 4.08. The number of hydrogen-bond donors (Lipinski definition) is 3. The number of allylic oxidation sites excluding steroid dienone is 2. The highest BCUT2D eigenvalue weighted by atomic mass is 16.2. The highest BCUT2D eigenvalue weighted by molar-refractivity contribution is 5.11. The number of aryl methyl sites for hydroxylation is 1. The van der Waals surface area contributed by atoms with Crippen molar-refractivity contribution < 1.29 is 5.11 Å². The fourth-order valence-corrected chi connectivity index (χ4v) is 1.68. The zero-order valence-electron chi connectivity index (χ0n) is 10.1. The van der Waals surface area contributed by atoms with E-state index in [1.54, 1.807) is 6.92 Å². The average molecular weight is 238 g/mol. The lowest BCUT2D eigenvalue weighted by Gasteiger charge is -1.84. The van der Waals surface area contributed by atoms with E-state index < -0.39 is 5.69 Å². The molecule has 2 aliphatic carbocycles. The van der Waals surface area contributed by atoms with Crippen LogP contribution in [0.1, 0.15) is 18.4 Å². The molecule has 2 unspecified atom stereocenters. The van der Waals surface area contributed by atoms with Gasteiger partial charge in [-0.25, -0.2) is 4.79 Å². The third-order valence-corrected chi connectivity index (χ3v) is 2.80. The minimum atomic E-state index is -0.467. The summed E-state index contributed by atoms with van der Waals surface area (Å²) in [4.78, 5) is 25.3. The van der Waals surface area contributed by atoms with E-state index in [9.17, 15) is 9.59 Å². The number of H-pyrrole nitrogens is 2. The summed E-state index contributed by atoms with van der Waals surface area (Å²) in [5, 5.41) is 7.00. The number of aliphatic hydroxyl groups excluding tert-OH is 1. The molecule has 1 heterocycles. The van der Waals surface area contributed by atoms with Gasteiger partial charge in [0.05, 0.1) is 0 Å². The van der Waals surface area contributed by atoms with E-state index in [-0.39, 0.29) is 5.56 Å². The number of nitrogens with one attached hydrogen (secondary N) is 2. The third kappa shape index (κ3) is 4.03. The Morgan fingerprint density at radius 2 is 2.06 bits per heavy atom. The highest BCUT2D eigenvalue weighted by Gasteiger charge is 2.36. The Balaban J connectivity index is 0.000000155. The first-order valence-electron chi connectivity index (χ1n) is 5.57. The van der Waals surface area contributed by atoms with Crippen molar-refractivity contribution in [1.29, 1.82) is 0 Å². The molecule has 0 saturated heterocycles. The first-order chi connectivity index (χ1) is 8.16. The van der Waals surface area contributed by atoms with Gasteiger partial charge in [0, 0.05) is 18.9 Å². The highest BCUT2D eigenvalue weighted by Crippen LogP contribution is 2.46. The summed E-state index contributed by atoms with van der Waals surface area (Å²) in [5.74, 6) is 2.13. The maximum Gasteiger partial charge on any atom is 0.325 e. The minimum Gasteiger partial charge on any atom is -0.400 e. The molecular formula is C12H18N2O3. The Kier molecular flexibility index (Phi) is 4.90. The van der Waals surface area contributed by atoms with Crippen molar-refractivity contribution in [2.75, 3.05) is 7.11 Å². The predicted molar refractivity (Wildman–Crippen MR) is 65.9 cm³/mol. The van der Waals surface area contributed by atoms with Gasteiger partial charge in [-0.1, -0.05) is 12.2 Å². The molecule has 5 heteroatoms. The molecule has 5 nitrogen and oxygen atoms in total. The van der Waals surface area contributed by atoms with Crippen LogP contribution in [0.4, 0.5) is 0 Å². The van der Waals surface area contributed by atoms with Crippen LogP contribution >= 0.6 is 0 Å². The summed E-state index contributed by atoms with van der Waals surface area (Å²) < 4.78 is 0. The number of aromatic nitrogens is 2. The standard InChI is InChI=1S/C6H8.C5H6N2O2.CH4O/c1-2-5-4-6(5)3-1;1-3-2-6-5(9)7-4(3)8;1-2/h1-2,5-6H,3-4H2;2H,1H3,(H2,6,7,8,9);2H,1H3. The van der Waals surface area contributed by atoms with Gasteiger partial charge >= 0.3 is 5.69 Å². The molecule has 1 saturated carbocycles. The van der Waals surface area contributed by atoms with Crippen LogP contribution in [-0.2, 0) is 0 Å². The van der Waals surface area contributed by atoms with Crippen molar-refractivity contribution in [2.24, 2.45) is 11.8 Å². The monoisotopic (exact) mass is 238 g/mol. The van der Waals surface area contributed by atoms with Crippen LogP contribution in [0.15, 0.2) is 27.9 Å². The Morgan fingerprint density at radius 3 is 2.35 bits per heavy atom. The average Bonchev–Trinajstić information content (AvgIpc) is 2.95. The Hall–Kier alpha value is -1.62. The molecule has 1 aromatic rings. The van der Waals surface area contributed by atoms with Crippen LogP contribution in [-0.4, -0.2) is 22.2 Å². The van der Waals surface area contributed by atoms with Crippen molar-refractivity contribution in [3.63, 3.8) is 0 Å². The number of aliphatic hydroxyl groups is 1. The van der Waals surface area contributed by atoms with Gasteiger partial charge in [0.15, 0.2) is 0 Å². The van der Waals surface area contributed by atoms with Crippen LogP contribution in [0.3, 0.4) is 0 Å². The maximum atomic E-state index is 10.6. The Bertz CT molecular complexity index is 487. The largest absolute Gasteiger partial charge is 0.400 e. The van der Waals surface area contributed by atoms with E-state index in [4.69, 9.17) is 5.11 Å². The molecule has 3 rings (SSSR count).